The molecule has 1 aliphatic rings. The van der Waals surface area contributed by atoms with Gasteiger partial charge in [0.2, 0.25) is 0 Å². The predicted molar refractivity (Wildman–Crippen MR) is 86.6 cm³/mol. The molecule has 24 heavy (non-hydrogen) atoms. The molecule has 0 saturated carbocycles. The summed E-state index contributed by atoms with van der Waals surface area (Å²) in [5.74, 6) is -1.44. The Bertz CT molecular complexity index is 772. The Labute approximate surface area is 143 Å². The Morgan fingerprint density at radius 1 is 1.33 bits per heavy atom. The molecule has 0 bridgehead atoms. The highest BCUT2D eigenvalue weighted by atomic mass is 35.5. The van der Waals surface area contributed by atoms with Crippen molar-refractivity contribution in [3.8, 4) is 5.69 Å². The largest absolute Gasteiger partial charge is 0.480 e. The third-order valence-electron chi connectivity index (χ3n) is 3.89. The molecule has 7 nitrogen and oxygen atoms in total. The number of hydrogen-bond donors (Lipinski definition) is 1. The minimum absolute atomic E-state index is 0.00849. The highest BCUT2D eigenvalue weighted by Crippen LogP contribution is 2.18. The first-order valence-electron chi connectivity index (χ1n) is 7.41. The van der Waals surface area contributed by atoms with Crippen molar-refractivity contribution in [2.45, 2.75) is 13.0 Å². The molecule has 1 aliphatic heterocycles. The maximum absolute atomic E-state index is 12.8. The molecule has 0 aliphatic carbocycles. The number of aryl methyl sites for hydroxylation is 1. The lowest BCUT2D eigenvalue weighted by atomic mass is 10.1. The maximum atomic E-state index is 12.8. The van der Waals surface area contributed by atoms with Crippen molar-refractivity contribution in [1.82, 2.24) is 14.7 Å². The van der Waals surface area contributed by atoms with Gasteiger partial charge in [-0.3, -0.25) is 4.79 Å². The van der Waals surface area contributed by atoms with Crippen LogP contribution in [0.3, 0.4) is 0 Å². The number of hydrogen-bond acceptors (Lipinski definition) is 4. The van der Waals surface area contributed by atoms with Gasteiger partial charge < -0.3 is 14.7 Å². The Hall–Kier alpha value is -2.38. The van der Waals surface area contributed by atoms with Crippen LogP contribution in [0.4, 0.5) is 0 Å². The van der Waals surface area contributed by atoms with Crippen molar-refractivity contribution >= 4 is 23.5 Å². The number of nitrogens with zero attached hydrogens (tertiary/aromatic N) is 3. The molecule has 8 heteroatoms. The van der Waals surface area contributed by atoms with Gasteiger partial charge in [-0.2, -0.15) is 5.10 Å². The van der Waals surface area contributed by atoms with E-state index in [1.54, 1.807) is 42.1 Å². The van der Waals surface area contributed by atoms with E-state index < -0.39 is 12.0 Å². The first-order valence-corrected chi connectivity index (χ1v) is 7.79. The van der Waals surface area contributed by atoms with Crippen molar-refractivity contribution < 1.29 is 19.4 Å². The van der Waals surface area contributed by atoms with E-state index in [9.17, 15) is 14.7 Å². The Morgan fingerprint density at radius 2 is 2.04 bits per heavy atom. The Morgan fingerprint density at radius 3 is 2.71 bits per heavy atom. The average Bonchev–Trinajstić information content (AvgIpc) is 2.96. The number of benzene rings is 1. The molecule has 1 N–H and O–H groups in total. The SMILES string of the molecule is Cc1nn(-c2ccc(Cl)cc2)cc1C(=O)N1CCOCC1C(=O)O. The number of aromatic nitrogens is 2. The zero-order chi connectivity index (χ0) is 17.3. The van der Waals surface area contributed by atoms with Gasteiger partial charge in [-0.05, 0) is 31.2 Å². The van der Waals surface area contributed by atoms with Gasteiger partial charge in [-0.15, -0.1) is 0 Å². The number of carbonyl (C=O) groups is 2. The maximum Gasteiger partial charge on any atom is 0.328 e. The highest BCUT2D eigenvalue weighted by Gasteiger charge is 2.34. The Balaban J connectivity index is 1.90. The fraction of sp³-hybridized carbons (Fsp3) is 0.312. The van der Waals surface area contributed by atoms with Gasteiger partial charge in [0, 0.05) is 17.8 Å². The molecule has 1 amide bonds. The van der Waals surface area contributed by atoms with E-state index in [2.05, 4.69) is 5.10 Å². The summed E-state index contributed by atoms with van der Waals surface area (Å²) in [7, 11) is 0. The van der Waals surface area contributed by atoms with Gasteiger partial charge in [0.1, 0.15) is 0 Å². The van der Waals surface area contributed by atoms with Crippen LogP contribution >= 0.6 is 11.6 Å². The lowest BCUT2D eigenvalue weighted by molar-refractivity contribution is -0.147. The number of aliphatic carboxylic acids is 1. The number of morpholine rings is 1. The fourth-order valence-electron chi connectivity index (χ4n) is 2.60. The van der Waals surface area contributed by atoms with Crippen LogP contribution in [0.5, 0.6) is 0 Å². The molecule has 0 radical (unpaired) electrons. The van der Waals surface area contributed by atoms with E-state index >= 15 is 0 Å². The second kappa shape index (κ2) is 6.62. The number of carbonyl (C=O) groups excluding carboxylic acids is 1. The number of ether oxygens (including phenoxy) is 1. The molecular weight excluding hydrogens is 334 g/mol. The average molecular weight is 350 g/mol. The van der Waals surface area contributed by atoms with Gasteiger partial charge in [0.05, 0.1) is 30.2 Å². The van der Waals surface area contributed by atoms with E-state index in [0.29, 0.717) is 22.9 Å². The molecule has 126 valence electrons. The molecule has 1 fully saturated rings. The van der Waals surface area contributed by atoms with Gasteiger partial charge in [0.15, 0.2) is 6.04 Å². The zero-order valence-corrected chi connectivity index (χ0v) is 13.7. The molecular formula is C16H16ClN3O4. The van der Waals surface area contributed by atoms with Crippen LogP contribution in [0.15, 0.2) is 30.5 Å². The van der Waals surface area contributed by atoms with Gasteiger partial charge in [0.25, 0.3) is 5.91 Å². The molecule has 1 atom stereocenters. The lowest BCUT2D eigenvalue weighted by Crippen LogP contribution is -2.52. The van der Waals surface area contributed by atoms with Gasteiger partial charge in [-0.25, -0.2) is 9.48 Å². The summed E-state index contributed by atoms with van der Waals surface area (Å²) >= 11 is 5.88. The topological polar surface area (TPSA) is 84.7 Å². The molecule has 3 rings (SSSR count). The van der Waals surface area contributed by atoms with Gasteiger partial charge in [-0.1, -0.05) is 11.6 Å². The fourth-order valence-corrected chi connectivity index (χ4v) is 2.73. The summed E-state index contributed by atoms with van der Waals surface area (Å²) in [5.41, 5.74) is 1.67. The highest BCUT2D eigenvalue weighted by molar-refractivity contribution is 6.30. The standard InChI is InChI=1S/C16H16ClN3O4/c1-10-13(8-20(18-10)12-4-2-11(17)3-5-12)15(21)19-6-7-24-9-14(19)16(22)23/h2-5,8,14H,6-7,9H2,1H3,(H,22,23). The monoisotopic (exact) mass is 349 g/mol. The van der Waals surface area contributed by atoms with E-state index in [1.807, 2.05) is 0 Å². The number of amides is 1. The smallest absolute Gasteiger partial charge is 0.328 e. The predicted octanol–water partition coefficient (Wildman–Crippen LogP) is 1.76. The van der Waals surface area contributed by atoms with E-state index in [4.69, 9.17) is 16.3 Å². The van der Waals surface area contributed by atoms with Gasteiger partial charge >= 0.3 is 5.97 Å². The number of halogens is 1. The van der Waals surface area contributed by atoms with Crippen molar-refractivity contribution in [3.05, 3.63) is 46.7 Å². The lowest BCUT2D eigenvalue weighted by Gasteiger charge is -2.32. The number of carboxylic acids is 1. The molecule has 2 aromatic rings. The Kier molecular flexibility index (Phi) is 4.55. The molecule has 1 unspecified atom stereocenters. The zero-order valence-electron chi connectivity index (χ0n) is 13.0. The molecule has 2 heterocycles. The van der Waals surface area contributed by atoms with Crippen LogP contribution in [0.1, 0.15) is 16.1 Å². The van der Waals surface area contributed by atoms with Crippen molar-refractivity contribution in [2.75, 3.05) is 19.8 Å². The molecule has 1 aromatic carbocycles. The van der Waals surface area contributed by atoms with Crippen molar-refractivity contribution in [3.63, 3.8) is 0 Å². The first kappa shape index (κ1) is 16.5. The summed E-state index contributed by atoms with van der Waals surface area (Å²) in [6.45, 7) is 2.27. The quantitative estimate of drug-likeness (QED) is 0.912. The third kappa shape index (κ3) is 3.13. The van der Waals surface area contributed by atoms with Crippen LogP contribution in [0.25, 0.3) is 5.69 Å². The minimum Gasteiger partial charge on any atom is -0.480 e. The second-order valence-corrected chi connectivity index (χ2v) is 5.91. The van der Waals surface area contributed by atoms with Crippen molar-refractivity contribution in [1.29, 1.82) is 0 Å². The second-order valence-electron chi connectivity index (χ2n) is 5.48. The van der Waals surface area contributed by atoms with E-state index in [0.717, 1.165) is 5.69 Å². The minimum atomic E-state index is -1.08. The summed E-state index contributed by atoms with van der Waals surface area (Å²) in [4.78, 5) is 25.4. The van der Waals surface area contributed by atoms with Crippen molar-refractivity contribution in [2.24, 2.45) is 0 Å². The summed E-state index contributed by atoms with van der Waals surface area (Å²) in [6, 6.07) is 6.07. The summed E-state index contributed by atoms with van der Waals surface area (Å²) in [6.07, 6.45) is 1.61. The number of carboxylic acid groups (broad SMARTS) is 1. The van der Waals surface area contributed by atoms with Crippen LogP contribution in [0, 0.1) is 6.92 Å². The van der Waals surface area contributed by atoms with Crippen LogP contribution < -0.4 is 0 Å². The third-order valence-corrected chi connectivity index (χ3v) is 4.15. The van der Waals surface area contributed by atoms with Crippen LogP contribution in [-0.2, 0) is 9.53 Å². The number of rotatable bonds is 3. The van der Waals surface area contributed by atoms with E-state index in [-0.39, 0.29) is 19.1 Å². The van der Waals surface area contributed by atoms with E-state index in [1.165, 1.54) is 4.90 Å². The first-order chi connectivity index (χ1) is 11.5. The molecule has 0 spiro atoms. The van der Waals surface area contributed by atoms with Crippen LogP contribution in [0.2, 0.25) is 5.02 Å². The normalized spacial score (nSPS) is 17.8. The molecule has 1 saturated heterocycles. The molecule has 1 aromatic heterocycles. The summed E-state index contributed by atoms with van der Waals surface area (Å²) in [5, 5.41) is 14.2. The summed E-state index contributed by atoms with van der Waals surface area (Å²) < 4.78 is 6.75. The van der Waals surface area contributed by atoms with Crippen LogP contribution in [-0.4, -0.2) is 57.5 Å².